The van der Waals surface area contributed by atoms with Crippen LogP contribution in [0.5, 0.6) is 0 Å². The maximum absolute atomic E-state index is 12.3. The Morgan fingerprint density at radius 2 is 2.00 bits per heavy atom. The van der Waals surface area contributed by atoms with Crippen LogP contribution in [-0.4, -0.2) is 17.1 Å². The van der Waals surface area contributed by atoms with Gasteiger partial charge in [-0.1, -0.05) is 35.3 Å². The van der Waals surface area contributed by atoms with Crippen LogP contribution in [0.1, 0.15) is 10.4 Å². The monoisotopic (exact) mass is 394 g/mol. The number of carbonyl (C=O) groups is 1. The van der Waals surface area contributed by atoms with Crippen molar-refractivity contribution in [2.75, 3.05) is 11.6 Å². The largest absolute Gasteiger partial charge is 0.298 e. The highest BCUT2D eigenvalue weighted by atomic mass is 35.5. The van der Waals surface area contributed by atoms with Gasteiger partial charge in [0.25, 0.3) is 5.91 Å². The number of halogens is 2. The van der Waals surface area contributed by atoms with Crippen LogP contribution < -0.4 is 5.32 Å². The summed E-state index contributed by atoms with van der Waals surface area (Å²) in [6, 6.07) is 12.8. The van der Waals surface area contributed by atoms with Crippen molar-refractivity contribution in [2.45, 2.75) is 4.90 Å². The molecule has 3 nitrogen and oxygen atoms in total. The highest BCUT2D eigenvalue weighted by molar-refractivity contribution is 7.98. The van der Waals surface area contributed by atoms with Crippen LogP contribution in [0.3, 0.4) is 0 Å². The Bertz CT molecular complexity index is 896. The number of anilines is 1. The summed E-state index contributed by atoms with van der Waals surface area (Å²) in [5.41, 5.74) is 2.20. The van der Waals surface area contributed by atoms with Gasteiger partial charge >= 0.3 is 0 Å². The average molecular weight is 395 g/mol. The zero-order chi connectivity index (χ0) is 17.1. The summed E-state index contributed by atoms with van der Waals surface area (Å²) >= 11 is 14.9. The van der Waals surface area contributed by atoms with Crippen molar-refractivity contribution in [3.63, 3.8) is 0 Å². The van der Waals surface area contributed by atoms with Crippen molar-refractivity contribution in [2.24, 2.45) is 0 Å². The van der Waals surface area contributed by atoms with Gasteiger partial charge in [-0.15, -0.1) is 23.1 Å². The summed E-state index contributed by atoms with van der Waals surface area (Å²) in [4.78, 5) is 17.8. The Morgan fingerprint density at radius 3 is 2.75 bits per heavy atom. The quantitative estimate of drug-likeness (QED) is 0.544. The first kappa shape index (κ1) is 17.3. The highest BCUT2D eigenvalue weighted by Crippen LogP contribution is 2.30. The molecule has 7 heteroatoms. The smallest absolute Gasteiger partial charge is 0.257 e. The molecule has 0 bridgehead atoms. The number of nitrogens with one attached hydrogen (secondary N) is 1. The molecule has 1 N–H and O–H groups in total. The maximum atomic E-state index is 12.3. The molecular weight excluding hydrogens is 383 g/mol. The second kappa shape index (κ2) is 7.57. The number of carbonyl (C=O) groups excluding carboxylic acids is 1. The third kappa shape index (κ3) is 3.92. The van der Waals surface area contributed by atoms with Crippen LogP contribution in [0.25, 0.3) is 11.3 Å². The van der Waals surface area contributed by atoms with E-state index in [2.05, 4.69) is 10.3 Å². The minimum atomic E-state index is -0.180. The molecule has 0 saturated carbocycles. The molecule has 3 aromatic rings. The number of amides is 1. The summed E-state index contributed by atoms with van der Waals surface area (Å²) in [6.45, 7) is 0. The third-order valence-corrected chi connectivity index (χ3v) is 5.49. The second-order valence-electron chi connectivity index (χ2n) is 4.85. The molecule has 0 fully saturated rings. The lowest BCUT2D eigenvalue weighted by molar-refractivity contribution is 0.102. The average Bonchev–Trinajstić information content (AvgIpc) is 3.06. The van der Waals surface area contributed by atoms with E-state index in [4.69, 9.17) is 23.2 Å². The van der Waals surface area contributed by atoms with Crippen molar-refractivity contribution in [3.05, 3.63) is 63.5 Å². The number of hydrogen-bond acceptors (Lipinski definition) is 4. The van der Waals surface area contributed by atoms with Crippen LogP contribution >= 0.6 is 46.3 Å². The van der Waals surface area contributed by atoms with Gasteiger partial charge in [0, 0.05) is 21.4 Å². The van der Waals surface area contributed by atoms with E-state index in [1.807, 2.05) is 35.9 Å². The van der Waals surface area contributed by atoms with Gasteiger partial charge in [0.05, 0.1) is 15.7 Å². The van der Waals surface area contributed by atoms with Gasteiger partial charge in [-0.25, -0.2) is 4.98 Å². The molecule has 1 heterocycles. The molecule has 0 spiro atoms. The van der Waals surface area contributed by atoms with Gasteiger partial charge in [0.2, 0.25) is 0 Å². The number of hydrogen-bond donors (Lipinski definition) is 1. The van der Waals surface area contributed by atoms with Crippen molar-refractivity contribution in [3.8, 4) is 11.3 Å². The molecule has 1 aromatic heterocycles. The van der Waals surface area contributed by atoms with Gasteiger partial charge in [-0.05, 0) is 36.6 Å². The fourth-order valence-corrected chi connectivity index (χ4v) is 3.53. The number of rotatable bonds is 4. The van der Waals surface area contributed by atoms with Crippen molar-refractivity contribution in [1.29, 1.82) is 0 Å². The first-order valence-electron chi connectivity index (χ1n) is 6.93. The number of nitrogens with zero attached hydrogens (tertiary/aromatic N) is 1. The van der Waals surface area contributed by atoms with Crippen LogP contribution in [0.2, 0.25) is 10.0 Å². The maximum Gasteiger partial charge on any atom is 0.257 e. The topological polar surface area (TPSA) is 42.0 Å². The first-order valence-corrected chi connectivity index (χ1v) is 9.79. The SMILES string of the molecule is CSc1cccc(C(=O)Nc2nc(-c3ccc(Cl)c(Cl)c3)cs2)c1. The molecule has 2 aromatic carbocycles. The predicted molar refractivity (Wildman–Crippen MR) is 104 cm³/mol. The second-order valence-corrected chi connectivity index (χ2v) is 7.41. The molecule has 0 unspecified atom stereocenters. The molecule has 122 valence electrons. The van der Waals surface area contributed by atoms with E-state index in [1.165, 1.54) is 11.3 Å². The standard InChI is InChI=1S/C17H12Cl2N2OS2/c1-23-12-4-2-3-11(7-12)16(22)21-17-20-15(9-24-17)10-5-6-13(18)14(19)8-10/h2-9H,1H3,(H,20,21,22). The number of benzene rings is 2. The minimum absolute atomic E-state index is 0.180. The number of aromatic nitrogens is 1. The zero-order valence-corrected chi connectivity index (χ0v) is 15.7. The summed E-state index contributed by atoms with van der Waals surface area (Å²) in [6.07, 6.45) is 1.97. The summed E-state index contributed by atoms with van der Waals surface area (Å²) < 4.78 is 0. The van der Waals surface area contributed by atoms with Crippen molar-refractivity contribution >= 4 is 57.3 Å². The fraction of sp³-hybridized carbons (Fsp3) is 0.0588. The van der Waals surface area contributed by atoms with E-state index in [-0.39, 0.29) is 5.91 Å². The van der Waals surface area contributed by atoms with Crippen molar-refractivity contribution in [1.82, 2.24) is 4.98 Å². The fourth-order valence-electron chi connectivity index (χ4n) is 2.05. The van der Waals surface area contributed by atoms with E-state index in [9.17, 15) is 4.79 Å². The van der Waals surface area contributed by atoms with Crippen LogP contribution in [-0.2, 0) is 0 Å². The zero-order valence-electron chi connectivity index (χ0n) is 12.5. The lowest BCUT2D eigenvalue weighted by Crippen LogP contribution is -2.11. The molecule has 0 atom stereocenters. The van der Waals surface area contributed by atoms with Gasteiger partial charge < -0.3 is 0 Å². The van der Waals surface area contributed by atoms with Crippen LogP contribution in [0.15, 0.2) is 52.7 Å². The Balaban J connectivity index is 1.78. The van der Waals surface area contributed by atoms with Gasteiger partial charge in [-0.3, -0.25) is 10.1 Å². The normalized spacial score (nSPS) is 10.6. The summed E-state index contributed by atoms with van der Waals surface area (Å²) in [5.74, 6) is -0.180. The molecule has 24 heavy (non-hydrogen) atoms. The van der Waals surface area contributed by atoms with Gasteiger partial charge in [-0.2, -0.15) is 0 Å². The van der Waals surface area contributed by atoms with E-state index in [1.54, 1.807) is 30.0 Å². The molecule has 0 aliphatic rings. The molecule has 0 saturated heterocycles. The van der Waals surface area contributed by atoms with Crippen molar-refractivity contribution < 1.29 is 4.79 Å². The van der Waals surface area contributed by atoms with Gasteiger partial charge in [0.1, 0.15) is 0 Å². The van der Waals surface area contributed by atoms with E-state index >= 15 is 0 Å². The van der Waals surface area contributed by atoms with Crippen LogP contribution in [0.4, 0.5) is 5.13 Å². The predicted octanol–water partition coefficient (Wildman–Crippen LogP) is 6.09. The summed E-state index contributed by atoms with van der Waals surface area (Å²) in [7, 11) is 0. The molecule has 0 aliphatic heterocycles. The molecule has 0 radical (unpaired) electrons. The van der Waals surface area contributed by atoms with E-state index in [0.29, 0.717) is 20.7 Å². The number of thioether (sulfide) groups is 1. The lowest BCUT2D eigenvalue weighted by Gasteiger charge is -2.03. The van der Waals surface area contributed by atoms with E-state index < -0.39 is 0 Å². The molecule has 1 amide bonds. The highest BCUT2D eigenvalue weighted by Gasteiger charge is 2.11. The Labute approximate surface area is 158 Å². The Kier molecular flexibility index (Phi) is 5.46. The third-order valence-electron chi connectivity index (χ3n) is 3.27. The Hall–Kier alpha value is -1.53. The Morgan fingerprint density at radius 1 is 1.17 bits per heavy atom. The first-order chi connectivity index (χ1) is 11.6. The van der Waals surface area contributed by atoms with Gasteiger partial charge in [0.15, 0.2) is 5.13 Å². The lowest BCUT2D eigenvalue weighted by atomic mass is 10.2. The molecule has 3 rings (SSSR count). The van der Waals surface area contributed by atoms with Crippen LogP contribution in [0, 0.1) is 0 Å². The molecular formula is C17H12Cl2N2OS2. The number of thiazole rings is 1. The minimum Gasteiger partial charge on any atom is -0.298 e. The van der Waals surface area contributed by atoms with E-state index in [0.717, 1.165) is 16.2 Å². The molecule has 0 aliphatic carbocycles. The summed E-state index contributed by atoms with van der Waals surface area (Å²) in [5, 5.41) is 6.20.